The normalized spacial score (nSPS) is 23.5. The van der Waals surface area contributed by atoms with Gasteiger partial charge < -0.3 is 9.84 Å². The number of methoxy groups -OCH3 is 1. The van der Waals surface area contributed by atoms with Crippen LogP contribution in [-0.4, -0.2) is 72.4 Å². The summed E-state index contributed by atoms with van der Waals surface area (Å²) in [4.78, 5) is 38.7. The number of carbonyl (C=O) groups is 3. The third-order valence-electron chi connectivity index (χ3n) is 5.80. The maximum absolute atomic E-state index is 13.3. The number of fused-ring (bicyclic) bond motifs is 1. The summed E-state index contributed by atoms with van der Waals surface area (Å²) in [6, 6.07) is 11.1. The Labute approximate surface area is 185 Å². The molecule has 0 aliphatic carbocycles. The summed E-state index contributed by atoms with van der Waals surface area (Å²) >= 11 is 0. The van der Waals surface area contributed by atoms with E-state index in [1.54, 1.807) is 24.3 Å². The number of imide groups is 1. The molecule has 1 N–H and O–H groups in total. The molecule has 2 unspecified atom stereocenters. The van der Waals surface area contributed by atoms with Crippen LogP contribution in [0, 0.1) is 6.92 Å². The number of esters is 1. The van der Waals surface area contributed by atoms with Crippen LogP contribution in [0.4, 0.5) is 0 Å². The molecule has 168 valence electrons. The van der Waals surface area contributed by atoms with Gasteiger partial charge in [0, 0.05) is 13.0 Å². The van der Waals surface area contributed by atoms with Gasteiger partial charge in [0.25, 0.3) is 11.8 Å². The van der Waals surface area contributed by atoms with Crippen LogP contribution < -0.4 is 0 Å². The second kappa shape index (κ2) is 7.80. The van der Waals surface area contributed by atoms with Crippen LogP contribution in [0.25, 0.3) is 0 Å². The van der Waals surface area contributed by atoms with Gasteiger partial charge in [-0.15, -0.1) is 0 Å². The van der Waals surface area contributed by atoms with Gasteiger partial charge >= 0.3 is 5.97 Å². The van der Waals surface area contributed by atoms with Gasteiger partial charge in [0.2, 0.25) is 10.0 Å². The molecule has 2 aliphatic rings. The number of benzene rings is 2. The Morgan fingerprint density at radius 2 is 1.66 bits per heavy atom. The number of ether oxygens (including phenoxy) is 1. The zero-order valence-electron chi connectivity index (χ0n) is 17.5. The van der Waals surface area contributed by atoms with E-state index in [1.165, 1.54) is 24.3 Å². The maximum Gasteiger partial charge on any atom is 0.324 e. The number of rotatable bonds is 5. The minimum Gasteiger partial charge on any atom is -0.468 e. The quantitative estimate of drug-likeness (QED) is 0.523. The smallest absolute Gasteiger partial charge is 0.324 e. The first-order chi connectivity index (χ1) is 15.1. The summed E-state index contributed by atoms with van der Waals surface area (Å²) in [6.07, 6.45) is -0.321. The summed E-state index contributed by atoms with van der Waals surface area (Å²) in [7, 11) is -3.04. The fraction of sp³-hybridized carbons (Fsp3) is 0.318. The zero-order chi connectivity index (χ0) is 23.3. The van der Waals surface area contributed by atoms with Crippen LogP contribution in [0.2, 0.25) is 0 Å². The minimum absolute atomic E-state index is 0.0398. The van der Waals surface area contributed by atoms with Gasteiger partial charge in [0.05, 0.1) is 35.3 Å². The van der Waals surface area contributed by atoms with Gasteiger partial charge in [-0.1, -0.05) is 29.8 Å². The molecule has 0 bridgehead atoms. The molecule has 4 rings (SSSR count). The molecule has 0 radical (unpaired) electrons. The number of aliphatic hydroxyl groups is 1. The Kier molecular flexibility index (Phi) is 5.40. The third kappa shape index (κ3) is 3.60. The summed E-state index contributed by atoms with van der Waals surface area (Å²) < 4.78 is 32.2. The first-order valence-electron chi connectivity index (χ1n) is 9.91. The van der Waals surface area contributed by atoms with E-state index in [1.807, 2.05) is 6.92 Å². The Morgan fingerprint density at radius 1 is 1.09 bits per heavy atom. The van der Waals surface area contributed by atoms with Crippen LogP contribution in [0.1, 0.15) is 32.7 Å². The number of aryl methyl sites for hydroxylation is 1. The highest BCUT2D eigenvalue weighted by molar-refractivity contribution is 7.89. The van der Waals surface area contributed by atoms with Crippen molar-refractivity contribution in [2.75, 3.05) is 20.2 Å². The molecule has 1 saturated heterocycles. The largest absolute Gasteiger partial charge is 0.468 e. The van der Waals surface area contributed by atoms with Crippen molar-refractivity contribution >= 4 is 27.8 Å². The number of sulfonamides is 1. The Morgan fingerprint density at radius 3 is 2.19 bits per heavy atom. The lowest BCUT2D eigenvalue weighted by molar-refractivity contribution is -0.144. The standard InChI is InChI=1S/C22H22N2O7S/c1-14-7-9-15(10-8-14)32(29,30)24-13-22(28,11-18(24)21(27)31-2)12-23-19(25)16-5-3-4-6-17(16)20(23)26/h3-10,18,28H,11-13H2,1-2H3. The maximum atomic E-state index is 13.3. The average Bonchev–Trinajstić information content (AvgIpc) is 3.25. The topological polar surface area (TPSA) is 121 Å². The van der Waals surface area contributed by atoms with Gasteiger partial charge in [-0.3, -0.25) is 19.3 Å². The number of hydrogen-bond donors (Lipinski definition) is 1. The SMILES string of the molecule is COC(=O)C1CC(O)(CN2C(=O)c3ccccc3C2=O)CN1S(=O)(=O)c1ccc(C)cc1. The second-order valence-electron chi connectivity index (χ2n) is 8.07. The number of hydrogen-bond acceptors (Lipinski definition) is 7. The first-order valence-corrected chi connectivity index (χ1v) is 11.4. The van der Waals surface area contributed by atoms with Crippen LogP contribution in [0.3, 0.4) is 0 Å². The molecule has 2 amide bonds. The predicted octanol–water partition coefficient (Wildman–Crippen LogP) is 0.958. The highest BCUT2D eigenvalue weighted by Crippen LogP contribution is 2.35. The third-order valence-corrected chi connectivity index (χ3v) is 7.67. The van der Waals surface area contributed by atoms with Gasteiger partial charge in [0.15, 0.2) is 0 Å². The highest BCUT2D eigenvalue weighted by Gasteiger charge is 2.53. The number of nitrogens with zero attached hydrogens (tertiary/aromatic N) is 2. The van der Waals surface area contributed by atoms with E-state index in [-0.39, 0.29) is 22.4 Å². The fourth-order valence-corrected chi connectivity index (χ4v) is 5.81. The van der Waals surface area contributed by atoms with Crippen molar-refractivity contribution in [3.05, 3.63) is 65.2 Å². The first kappa shape index (κ1) is 22.1. The molecule has 9 nitrogen and oxygen atoms in total. The summed E-state index contributed by atoms with van der Waals surface area (Å²) in [5.41, 5.74) is -0.540. The van der Waals surface area contributed by atoms with Crippen molar-refractivity contribution in [3.8, 4) is 0 Å². The van der Waals surface area contributed by atoms with Gasteiger partial charge in [0.1, 0.15) is 6.04 Å². The molecular formula is C22H22N2O7S. The summed E-state index contributed by atoms with van der Waals surface area (Å²) in [5.74, 6) is -1.99. The number of carbonyl (C=O) groups excluding carboxylic acids is 3. The lowest BCUT2D eigenvalue weighted by Crippen LogP contribution is -2.47. The van der Waals surface area contributed by atoms with Crippen molar-refractivity contribution < 1.29 is 32.6 Å². The molecule has 10 heteroatoms. The molecule has 0 saturated carbocycles. The molecule has 2 aromatic carbocycles. The monoisotopic (exact) mass is 458 g/mol. The van der Waals surface area contributed by atoms with Gasteiger partial charge in [-0.2, -0.15) is 4.31 Å². The van der Waals surface area contributed by atoms with Crippen LogP contribution >= 0.6 is 0 Å². The van der Waals surface area contributed by atoms with Crippen molar-refractivity contribution in [3.63, 3.8) is 0 Å². The fourth-order valence-electron chi connectivity index (χ4n) is 4.15. The van der Waals surface area contributed by atoms with Crippen LogP contribution in [0.5, 0.6) is 0 Å². The lowest BCUT2D eigenvalue weighted by Gasteiger charge is -2.27. The molecule has 2 atom stereocenters. The predicted molar refractivity (Wildman–Crippen MR) is 112 cm³/mol. The van der Waals surface area contributed by atoms with Crippen molar-refractivity contribution in [2.24, 2.45) is 0 Å². The molecule has 2 aromatic rings. The van der Waals surface area contributed by atoms with Crippen LogP contribution in [0.15, 0.2) is 53.4 Å². The van der Waals surface area contributed by atoms with Crippen LogP contribution in [-0.2, 0) is 19.6 Å². The lowest BCUT2D eigenvalue weighted by atomic mass is 9.99. The Bertz CT molecular complexity index is 1170. The average molecular weight is 458 g/mol. The number of β-amino-alcohol motifs (C(OH)–C–C–N with tert-alkyl or cyclic N) is 1. The Balaban J connectivity index is 1.65. The van der Waals surface area contributed by atoms with Crippen molar-refractivity contribution in [1.29, 1.82) is 0 Å². The molecule has 32 heavy (non-hydrogen) atoms. The van der Waals surface area contributed by atoms with E-state index in [9.17, 15) is 27.9 Å². The van der Waals surface area contributed by atoms with Crippen molar-refractivity contribution in [2.45, 2.75) is 29.9 Å². The van der Waals surface area contributed by atoms with E-state index in [0.29, 0.717) is 0 Å². The van der Waals surface area contributed by atoms with Gasteiger partial charge in [-0.05, 0) is 31.2 Å². The van der Waals surface area contributed by atoms with E-state index in [4.69, 9.17) is 4.74 Å². The number of amides is 2. The molecule has 0 spiro atoms. The van der Waals surface area contributed by atoms with E-state index < -0.39 is 52.5 Å². The summed E-state index contributed by atoms with van der Waals surface area (Å²) in [5, 5.41) is 11.2. The van der Waals surface area contributed by atoms with Gasteiger partial charge in [-0.25, -0.2) is 8.42 Å². The Hall–Kier alpha value is -3.08. The molecular weight excluding hydrogens is 436 g/mol. The minimum atomic E-state index is -4.16. The second-order valence-corrected chi connectivity index (χ2v) is 9.96. The van der Waals surface area contributed by atoms with E-state index in [2.05, 4.69) is 0 Å². The molecule has 1 fully saturated rings. The summed E-state index contributed by atoms with van der Waals surface area (Å²) in [6.45, 7) is 0.882. The van der Waals surface area contributed by atoms with Crippen molar-refractivity contribution in [1.82, 2.24) is 9.21 Å². The molecule has 2 aliphatic heterocycles. The van der Waals surface area contributed by atoms with E-state index in [0.717, 1.165) is 21.9 Å². The molecule has 0 aromatic heterocycles. The highest BCUT2D eigenvalue weighted by atomic mass is 32.2. The molecule has 2 heterocycles. The van der Waals surface area contributed by atoms with E-state index >= 15 is 0 Å². The zero-order valence-corrected chi connectivity index (χ0v) is 18.3.